The first-order chi connectivity index (χ1) is 9.54. The molecular weight excluding hydrogens is 254 g/mol. The third kappa shape index (κ3) is 2.38. The molecule has 0 aliphatic carbocycles. The molecule has 2 atom stereocenters. The van der Waals surface area contributed by atoms with Crippen LogP contribution in [0.1, 0.15) is 18.4 Å². The summed E-state index contributed by atoms with van der Waals surface area (Å²) in [5, 5.41) is 0. The van der Waals surface area contributed by atoms with E-state index in [-0.39, 0.29) is 18.0 Å². The van der Waals surface area contributed by atoms with Gasteiger partial charge in [0.1, 0.15) is 6.54 Å². The van der Waals surface area contributed by atoms with Crippen LogP contribution in [-0.2, 0) is 11.3 Å². The number of aromatic nitrogens is 1. The highest BCUT2D eigenvalue weighted by Crippen LogP contribution is 2.29. The summed E-state index contributed by atoms with van der Waals surface area (Å²) >= 11 is 0. The molecule has 5 heteroatoms. The van der Waals surface area contributed by atoms with Gasteiger partial charge in [0, 0.05) is 37.4 Å². The first kappa shape index (κ1) is 13.4. The average Bonchev–Trinajstić information content (AvgIpc) is 2.65. The van der Waals surface area contributed by atoms with Crippen molar-refractivity contribution in [1.29, 1.82) is 0 Å². The molecule has 0 N–H and O–H groups in total. The van der Waals surface area contributed by atoms with Gasteiger partial charge in [-0.2, -0.15) is 0 Å². The Hall–Kier alpha value is -1.62. The number of carbonyl (C=O) groups is 1. The smallest absolute Gasteiger partial charge is 0.251 e. The minimum Gasteiger partial charge on any atom is -0.333 e. The topological polar surface area (TPSA) is 45.6 Å². The van der Waals surface area contributed by atoms with Crippen molar-refractivity contribution < 1.29 is 4.79 Å². The molecule has 2 bridgehead atoms. The maximum absolute atomic E-state index is 12.5. The summed E-state index contributed by atoms with van der Waals surface area (Å²) in [6.07, 6.45) is 3.89. The van der Waals surface area contributed by atoms with E-state index in [1.165, 1.54) is 4.57 Å². The number of rotatable bonds is 2. The molecule has 2 saturated heterocycles. The Morgan fingerprint density at radius 2 is 1.95 bits per heavy atom. The van der Waals surface area contributed by atoms with Crippen LogP contribution in [-0.4, -0.2) is 52.5 Å². The average molecular weight is 275 g/mol. The first-order valence-electron chi connectivity index (χ1n) is 7.21. The molecule has 1 aromatic rings. The van der Waals surface area contributed by atoms with Crippen molar-refractivity contribution in [2.45, 2.75) is 38.4 Å². The standard InChI is InChI=1S/C15H21N3O2/c1-11-5-6-17(14(19)7-11)10-15(20)18-12-3-4-13(18)9-16(2)8-12/h5-7,12-13H,3-4,8-10H2,1-2H3. The first-order valence-corrected chi connectivity index (χ1v) is 7.21. The summed E-state index contributed by atoms with van der Waals surface area (Å²) in [6.45, 7) is 3.94. The number of hydrogen-bond donors (Lipinski definition) is 0. The fourth-order valence-corrected chi connectivity index (χ4v) is 3.49. The second-order valence-corrected chi connectivity index (χ2v) is 6.08. The minimum absolute atomic E-state index is 0.0801. The van der Waals surface area contributed by atoms with Crippen LogP contribution >= 0.6 is 0 Å². The number of carbonyl (C=O) groups excluding carboxylic acids is 1. The summed E-state index contributed by atoms with van der Waals surface area (Å²) in [6, 6.07) is 4.10. The van der Waals surface area contributed by atoms with Gasteiger partial charge in [-0.3, -0.25) is 9.59 Å². The third-order valence-electron chi connectivity index (χ3n) is 4.41. The number of nitrogens with zero attached hydrogens (tertiary/aromatic N) is 3. The van der Waals surface area contributed by atoms with Crippen molar-refractivity contribution in [3.05, 3.63) is 34.2 Å². The van der Waals surface area contributed by atoms with Crippen LogP contribution in [0.2, 0.25) is 0 Å². The van der Waals surface area contributed by atoms with E-state index in [4.69, 9.17) is 0 Å². The largest absolute Gasteiger partial charge is 0.333 e. The van der Waals surface area contributed by atoms with Crippen LogP contribution in [0, 0.1) is 6.92 Å². The predicted octanol–water partition coefficient (Wildman–Crippen LogP) is 0.462. The van der Waals surface area contributed by atoms with Gasteiger partial charge in [-0.25, -0.2) is 0 Å². The number of hydrogen-bond acceptors (Lipinski definition) is 3. The van der Waals surface area contributed by atoms with E-state index >= 15 is 0 Å². The molecule has 0 spiro atoms. The van der Waals surface area contributed by atoms with E-state index in [1.54, 1.807) is 12.3 Å². The molecule has 2 aliphatic rings. The van der Waals surface area contributed by atoms with Gasteiger partial charge in [-0.15, -0.1) is 0 Å². The number of amides is 1. The molecule has 1 amide bonds. The lowest BCUT2D eigenvalue weighted by molar-refractivity contribution is -0.137. The summed E-state index contributed by atoms with van der Waals surface area (Å²) in [5.74, 6) is 0.0801. The van der Waals surface area contributed by atoms with Crippen LogP contribution in [0.5, 0.6) is 0 Å². The number of likely N-dealkylation sites (tertiary alicyclic amines) is 1. The number of likely N-dealkylation sites (N-methyl/N-ethyl adjacent to an activating group) is 1. The Morgan fingerprint density at radius 1 is 1.30 bits per heavy atom. The summed E-state index contributed by atoms with van der Waals surface area (Å²) in [4.78, 5) is 28.7. The van der Waals surface area contributed by atoms with Gasteiger partial charge in [0.15, 0.2) is 0 Å². The molecule has 0 saturated carbocycles. The van der Waals surface area contributed by atoms with Crippen molar-refractivity contribution in [3.8, 4) is 0 Å². The van der Waals surface area contributed by atoms with E-state index in [1.807, 2.05) is 17.9 Å². The lowest BCUT2D eigenvalue weighted by Gasteiger charge is -2.39. The summed E-state index contributed by atoms with van der Waals surface area (Å²) < 4.78 is 1.51. The number of piperazine rings is 1. The van der Waals surface area contributed by atoms with Crippen LogP contribution in [0.3, 0.4) is 0 Å². The molecule has 5 nitrogen and oxygen atoms in total. The molecule has 3 heterocycles. The Balaban J connectivity index is 1.75. The SMILES string of the molecule is Cc1ccn(CC(=O)N2C3CCC2CN(C)C3)c(=O)c1. The number of fused-ring (bicyclic) bond motifs is 2. The minimum atomic E-state index is -0.0974. The van der Waals surface area contributed by atoms with Gasteiger partial charge in [-0.1, -0.05) is 0 Å². The lowest BCUT2D eigenvalue weighted by Crippen LogP contribution is -2.55. The van der Waals surface area contributed by atoms with Crippen molar-refractivity contribution in [2.75, 3.05) is 20.1 Å². The van der Waals surface area contributed by atoms with Gasteiger partial charge >= 0.3 is 0 Å². The zero-order chi connectivity index (χ0) is 14.3. The Morgan fingerprint density at radius 3 is 2.55 bits per heavy atom. The molecule has 2 fully saturated rings. The monoisotopic (exact) mass is 275 g/mol. The van der Waals surface area contributed by atoms with Crippen LogP contribution in [0.15, 0.2) is 23.1 Å². The fourth-order valence-electron chi connectivity index (χ4n) is 3.49. The zero-order valence-electron chi connectivity index (χ0n) is 12.1. The molecule has 2 aliphatic heterocycles. The van der Waals surface area contributed by atoms with Crippen molar-refractivity contribution >= 4 is 5.91 Å². The van der Waals surface area contributed by atoms with Crippen LogP contribution in [0.25, 0.3) is 0 Å². The van der Waals surface area contributed by atoms with Gasteiger partial charge in [0.2, 0.25) is 5.91 Å². The zero-order valence-corrected chi connectivity index (χ0v) is 12.1. The van der Waals surface area contributed by atoms with Crippen LogP contribution in [0.4, 0.5) is 0 Å². The molecule has 0 radical (unpaired) electrons. The lowest BCUT2D eigenvalue weighted by atomic mass is 10.2. The predicted molar refractivity (Wildman–Crippen MR) is 76.6 cm³/mol. The van der Waals surface area contributed by atoms with Gasteiger partial charge in [0.05, 0.1) is 0 Å². The molecule has 2 unspecified atom stereocenters. The number of aryl methyl sites for hydroxylation is 1. The third-order valence-corrected chi connectivity index (χ3v) is 4.41. The van der Waals surface area contributed by atoms with Crippen molar-refractivity contribution in [2.24, 2.45) is 0 Å². The normalized spacial score (nSPS) is 26.0. The van der Waals surface area contributed by atoms with Gasteiger partial charge in [0.25, 0.3) is 5.56 Å². The fraction of sp³-hybridized carbons (Fsp3) is 0.600. The van der Waals surface area contributed by atoms with Crippen molar-refractivity contribution in [3.63, 3.8) is 0 Å². The number of pyridine rings is 1. The quantitative estimate of drug-likeness (QED) is 0.788. The Bertz CT molecular complexity index is 567. The van der Waals surface area contributed by atoms with E-state index < -0.39 is 0 Å². The molecule has 0 aromatic carbocycles. The Labute approximate surface area is 118 Å². The highest BCUT2D eigenvalue weighted by molar-refractivity contribution is 5.77. The van der Waals surface area contributed by atoms with Gasteiger partial charge in [-0.05, 0) is 38.4 Å². The van der Waals surface area contributed by atoms with E-state index in [2.05, 4.69) is 11.9 Å². The van der Waals surface area contributed by atoms with E-state index in [9.17, 15) is 9.59 Å². The van der Waals surface area contributed by atoms with Crippen LogP contribution < -0.4 is 5.56 Å². The highest BCUT2D eigenvalue weighted by Gasteiger charge is 2.41. The molecule has 20 heavy (non-hydrogen) atoms. The van der Waals surface area contributed by atoms with E-state index in [0.717, 1.165) is 31.5 Å². The second kappa shape index (κ2) is 5.05. The Kier molecular flexibility index (Phi) is 3.38. The highest BCUT2D eigenvalue weighted by atomic mass is 16.2. The van der Waals surface area contributed by atoms with E-state index in [0.29, 0.717) is 12.1 Å². The maximum Gasteiger partial charge on any atom is 0.251 e. The maximum atomic E-state index is 12.5. The molecule has 3 rings (SSSR count). The molecule has 1 aromatic heterocycles. The van der Waals surface area contributed by atoms with Gasteiger partial charge < -0.3 is 14.4 Å². The summed E-state index contributed by atoms with van der Waals surface area (Å²) in [5.41, 5.74) is 0.832. The second-order valence-electron chi connectivity index (χ2n) is 6.08. The summed E-state index contributed by atoms with van der Waals surface area (Å²) in [7, 11) is 2.11. The molecule has 108 valence electrons. The van der Waals surface area contributed by atoms with Crippen molar-refractivity contribution in [1.82, 2.24) is 14.4 Å². The molecular formula is C15H21N3O2.